The molecule has 1 amide bonds. The van der Waals surface area contributed by atoms with Crippen molar-refractivity contribution in [3.05, 3.63) is 41.7 Å². The quantitative estimate of drug-likeness (QED) is 0.676. The number of nitrogens with zero attached hydrogens (tertiary/aromatic N) is 3. The molecule has 8 nitrogen and oxygen atoms in total. The first kappa shape index (κ1) is 19.3. The van der Waals surface area contributed by atoms with Crippen LogP contribution in [0.5, 0.6) is 5.75 Å². The zero-order valence-corrected chi connectivity index (χ0v) is 16.0. The summed E-state index contributed by atoms with van der Waals surface area (Å²) in [7, 11) is 1.76. The maximum absolute atomic E-state index is 14.1. The Balaban J connectivity index is 1.56. The van der Waals surface area contributed by atoms with E-state index in [0.717, 1.165) is 0 Å². The van der Waals surface area contributed by atoms with E-state index in [-0.39, 0.29) is 18.6 Å². The highest BCUT2D eigenvalue weighted by Crippen LogP contribution is 2.30. The molecule has 4 rings (SSSR count). The molecule has 2 N–H and O–H groups in total. The summed E-state index contributed by atoms with van der Waals surface area (Å²) in [6.45, 7) is 1.76. The number of nitrogens with one attached hydrogen (secondary N) is 2. The molecule has 0 bridgehead atoms. The van der Waals surface area contributed by atoms with Gasteiger partial charge in [-0.15, -0.1) is 0 Å². The fraction of sp³-hybridized carbons (Fsp3) is 0.421. The van der Waals surface area contributed by atoms with Gasteiger partial charge >= 0.3 is 0 Å². The summed E-state index contributed by atoms with van der Waals surface area (Å²) in [6, 6.07) is 3.82. The van der Waals surface area contributed by atoms with Crippen LogP contribution in [0.3, 0.4) is 0 Å². The Hall–Kier alpha value is -3.01. The number of aryl methyl sites for hydroxylation is 2. The van der Waals surface area contributed by atoms with E-state index < -0.39 is 24.4 Å². The second kappa shape index (κ2) is 7.43. The third-order valence-corrected chi connectivity index (χ3v) is 4.86. The zero-order chi connectivity index (χ0) is 20.6. The maximum atomic E-state index is 14.1. The van der Waals surface area contributed by atoms with Crippen LogP contribution in [0.4, 0.5) is 8.78 Å². The fourth-order valence-electron chi connectivity index (χ4n) is 3.41. The summed E-state index contributed by atoms with van der Waals surface area (Å²) in [5, 5.41) is 9.76. The van der Waals surface area contributed by atoms with Crippen LogP contribution in [0.1, 0.15) is 28.4 Å². The van der Waals surface area contributed by atoms with Gasteiger partial charge in [0.05, 0.1) is 18.2 Å². The molecule has 1 aliphatic heterocycles. The number of alkyl halides is 2. The van der Waals surface area contributed by atoms with Gasteiger partial charge in [0.15, 0.2) is 5.82 Å². The summed E-state index contributed by atoms with van der Waals surface area (Å²) < 4.78 is 41.1. The van der Waals surface area contributed by atoms with E-state index in [2.05, 4.69) is 20.7 Å². The van der Waals surface area contributed by atoms with Gasteiger partial charge in [-0.3, -0.25) is 9.48 Å². The number of carbonyl (C=O) groups excluding carboxylic acids is 1. The van der Waals surface area contributed by atoms with Crippen LogP contribution in [0.25, 0.3) is 11.0 Å². The van der Waals surface area contributed by atoms with E-state index >= 15 is 0 Å². The summed E-state index contributed by atoms with van der Waals surface area (Å²) in [4.78, 5) is 16.9. The van der Waals surface area contributed by atoms with Gasteiger partial charge < -0.3 is 19.8 Å². The number of hydrogen-bond acceptors (Lipinski definition) is 6. The Morgan fingerprint density at radius 1 is 1.48 bits per heavy atom. The Labute approximate surface area is 165 Å². The number of ether oxygens (including phenoxy) is 1. The second-order valence-corrected chi connectivity index (χ2v) is 7.07. The minimum atomic E-state index is -3.01. The van der Waals surface area contributed by atoms with Gasteiger partial charge in [0.1, 0.15) is 30.0 Å². The van der Waals surface area contributed by atoms with Crippen LogP contribution in [0.15, 0.2) is 28.9 Å². The Bertz CT molecular complexity index is 1050. The number of benzene rings is 1. The number of carbonyl (C=O) groups is 1. The molecule has 29 heavy (non-hydrogen) atoms. The molecule has 0 radical (unpaired) electrons. The number of fused-ring (bicyclic) bond motifs is 1. The molecule has 1 atom stereocenters. The smallest absolute Gasteiger partial charge is 0.280 e. The predicted octanol–water partition coefficient (Wildman–Crippen LogP) is 2.18. The topological polar surface area (TPSA) is 94.2 Å². The van der Waals surface area contributed by atoms with Gasteiger partial charge in [0, 0.05) is 12.4 Å². The number of furan rings is 1. The highest BCUT2D eigenvalue weighted by atomic mass is 19.3. The first-order valence-corrected chi connectivity index (χ1v) is 9.23. The SMILES string of the molecule is Cc1oc2ccc(OCc3ncn(C)n3)cc2c1C(=O)NC1CCNCC1(F)F. The van der Waals surface area contributed by atoms with Crippen molar-refractivity contribution in [1.29, 1.82) is 0 Å². The molecule has 1 unspecified atom stereocenters. The number of aromatic nitrogens is 3. The van der Waals surface area contributed by atoms with Gasteiger partial charge in [-0.1, -0.05) is 0 Å². The number of rotatable bonds is 5. The minimum Gasteiger partial charge on any atom is -0.486 e. The fourth-order valence-corrected chi connectivity index (χ4v) is 3.41. The van der Waals surface area contributed by atoms with Crippen LogP contribution >= 0.6 is 0 Å². The summed E-state index contributed by atoms with van der Waals surface area (Å²) in [5.74, 6) is -2.23. The third-order valence-electron chi connectivity index (χ3n) is 4.86. The third kappa shape index (κ3) is 3.93. The number of hydrogen-bond donors (Lipinski definition) is 2. The van der Waals surface area contributed by atoms with Gasteiger partial charge in [0.2, 0.25) is 0 Å². The summed E-state index contributed by atoms with van der Waals surface area (Å²) >= 11 is 0. The van der Waals surface area contributed by atoms with Crippen molar-refractivity contribution in [3.63, 3.8) is 0 Å². The number of amides is 1. The van der Waals surface area contributed by atoms with Crippen LogP contribution in [0.2, 0.25) is 0 Å². The molecule has 1 saturated heterocycles. The standard InChI is InChI=1S/C19H21F2N5O3/c1-11-17(18(27)24-15-5-6-22-9-19(15,20)21)13-7-12(3-4-14(13)29-11)28-8-16-23-10-26(2)25-16/h3-4,7,10,15,22H,5-6,8-9H2,1-2H3,(H,24,27). The lowest BCUT2D eigenvalue weighted by Crippen LogP contribution is -2.57. The molecule has 154 valence electrons. The average Bonchev–Trinajstić information content (AvgIpc) is 3.23. The lowest BCUT2D eigenvalue weighted by molar-refractivity contribution is -0.0487. The molecule has 3 aromatic rings. The Morgan fingerprint density at radius 3 is 3.03 bits per heavy atom. The minimum absolute atomic E-state index is 0.152. The van der Waals surface area contributed by atoms with Gasteiger partial charge in [-0.2, -0.15) is 5.10 Å². The molecular formula is C19H21F2N5O3. The molecule has 1 fully saturated rings. The zero-order valence-electron chi connectivity index (χ0n) is 16.0. The average molecular weight is 405 g/mol. The molecule has 2 aromatic heterocycles. The molecule has 10 heteroatoms. The molecule has 3 heterocycles. The number of halogens is 2. The van der Waals surface area contributed by atoms with Gasteiger partial charge in [-0.25, -0.2) is 13.8 Å². The van der Waals surface area contributed by atoms with Crippen LogP contribution < -0.4 is 15.4 Å². The molecule has 1 aliphatic rings. The highest BCUT2D eigenvalue weighted by molar-refractivity contribution is 6.07. The van der Waals surface area contributed by atoms with Crippen molar-refractivity contribution >= 4 is 16.9 Å². The second-order valence-electron chi connectivity index (χ2n) is 7.07. The molecule has 0 saturated carbocycles. The van der Waals surface area contributed by atoms with E-state index in [1.165, 1.54) is 0 Å². The Kier molecular flexibility index (Phi) is 4.95. The summed E-state index contributed by atoms with van der Waals surface area (Å²) in [6.07, 6.45) is 1.72. The van der Waals surface area contributed by atoms with Crippen molar-refractivity contribution in [2.45, 2.75) is 31.9 Å². The van der Waals surface area contributed by atoms with Crippen LogP contribution in [-0.4, -0.2) is 45.7 Å². The Morgan fingerprint density at radius 2 is 2.31 bits per heavy atom. The molecule has 0 aliphatic carbocycles. The lowest BCUT2D eigenvalue weighted by atomic mass is 10.0. The normalized spacial score (nSPS) is 18.7. The van der Waals surface area contributed by atoms with E-state index in [4.69, 9.17) is 9.15 Å². The van der Waals surface area contributed by atoms with E-state index in [1.807, 2.05) is 0 Å². The van der Waals surface area contributed by atoms with E-state index in [9.17, 15) is 13.6 Å². The van der Waals surface area contributed by atoms with E-state index in [1.54, 1.807) is 43.2 Å². The summed E-state index contributed by atoms with van der Waals surface area (Å²) in [5.41, 5.74) is 0.712. The molecule has 0 spiro atoms. The largest absolute Gasteiger partial charge is 0.486 e. The first-order chi connectivity index (χ1) is 13.8. The van der Waals surface area contributed by atoms with Gasteiger partial charge in [0.25, 0.3) is 11.8 Å². The number of piperidine rings is 1. The molecule has 1 aromatic carbocycles. The van der Waals surface area contributed by atoms with Crippen molar-refractivity contribution < 1.29 is 22.7 Å². The van der Waals surface area contributed by atoms with Crippen molar-refractivity contribution in [1.82, 2.24) is 25.4 Å². The van der Waals surface area contributed by atoms with Gasteiger partial charge in [-0.05, 0) is 38.1 Å². The highest BCUT2D eigenvalue weighted by Gasteiger charge is 2.42. The lowest BCUT2D eigenvalue weighted by Gasteiger charge is -2.32. The molecular weight excluding hydrogens is 384 g/mol. The van der Waals surface area contributed by atoms with E-state index in [0.29, 0.717) is 34.8 Å². The van der Waals surface area contributed by atoms with Crippen molar-refractivity contribution in [2.75, 3.05) is 13.1 Å². The maximum Gasteiger partial charge on any atom is 0.280 e. The monoisotopic (exact) mass is 405 g/mol. The first-order valence-electron chi connectivity index (χ1n) is 9.23. The van der Waals surface area contributed by atoms with Crippen molar-refractivity contribution in [2.24, 2.45) is 7.05 Å². The van der Waals surface area contributed by atoms with Crippen molar-refractivity contribution in [3.8, 4) is 5.75 Å². The van der Waals surface area contributed by atoms with Crippen LogP contribution in [-0.2, 0) is 13.7 Å². The predicted molar refractivity (Wildman–Crippen MR) is 100.0 cm³/mol. The van der Waals surface area contributed by atoms with Crippen LogP contribution in [0, 0.1) is 6.92 Å².